The Morgan fingerprint density at radius 3 is 2.81 bits per heavy atom. The normalized spacial score (nSPS) is 10.8. The number of carbonyl (C=O) groups excluding carboxylic acids is 1. The fraction of sp³-hybridized carbons (Fsp3) is 0.250. The summed E-state index contributed by atoms with van der Waals surface area (Å²) in [6.45, 7) is 10.6. The van der Waals surface area contributed by atoms with E-state index in [2.05, 4.69) is 41.3 Å². The molecule has 5 nitrogen and oxygen atoms in total. The number of benzene rings is 1. The van der Waals surface area contributed by atoms with Crippen molar-refractivity contribution < 1.29 is 4.79 Å². The molecule has 1 amide bonds. The molecule has 2 aromatic heterocycles. The Morgan fingerprint density at radius 2 is 2.15 bits per heavy atom. The first kappa shape index (κ1) is 19.4. The molecule has 0 unspecified atom stereocenters. The molecule has 0 atom stereocenters. The number of carbonyl (C=O) groups is 1. The van der Waals surface area contributed by atoms with Crippen molar-refractivity contribution in [3.63, 3.8) is 0 Å². The summed E-state index contributed by atoms with van der Waals surface area (Å²) in [5.74, 6) is 1.02. The van der Waals surface area contributed by atoms with E-state index >= 15 is 0 Å². The van der Waals surface area contributed by atoms with Crippen LogP contribution in [-0.2, 0) is 11.3 Å². The Balaban J connectivity index is 1.74. The lowest BCUT2D eigenvalue weighted by Gasteiger charge is -2.08. The summed E-state index contributed by atoms with van der Waals surface area (Å²) in [7, 11) is 0. The number of allylic oxidation sites excluding steroid dienone is 1. The molecule has 140 valence electrons. The zero-order valence-electron chi connectivity index (χ0n) is 15.7. The molecule has 0 aliphatic rings. The van der Waals surface area contributed by atoms with Crippen LogP contribution in [0.3, 0.4) is 0 Å². The molecule has 0 spiro atoms. The average molecular weight is 399 g/mol. The van der Waals surface area contributed by atoms with E-state index in [1.54, 1.807) is 11.3 Å². The molecule has 0 saturated heterocycles. The van der Waals surface area contributed by atoms with Gasteiger partial charge in [-0.3, -0.25) is 9.36 Å². The van der Waals surface area contributed by atoms with Crippen molar-refractivity contribution in [1.29, 1.82) is 0 Å². The third-order valence-electron chi connectivity index (χ3n) is 4.19. The van der Waals surface area contributed by atoms with E-state index in [9.17, 15) is 4.79 Å². The highest BCUT2D eigenvalue weighted by molar-refractivity contribution is 7.99. The number of hydrogen-bond donors (Lipinski definition) is 1. The molecule has 0 radical (unpaired) electrons. The van der Waals surface area contributed by atoms with Crippen LogP contribution in [0, 0.1) is 20.8 Å². The molecule has 7 heteroatoms. The lowest BCUT2D eigenvalue weighted by molar-refractivity contribution is -0.113. The van der Waals surface area contributed by atoms with E-state index in [4.69, 9.17) is 0 Å². The highest BCUT2D eigenvalue weighted by Gasteiger charge is 2.18. The van der Waals surface area contributed by atoms with Gasteiger partial charge < -0.3 is 5.32 Å². The van der Waals surface area contributed by atoms with Crippen LogP contribution in [-0.4, -0.2) is 26.4 Å². The predicted molar refractivity (Wildman–Crippen MR) is 114 cm³/mol. The van der Waals surface area contributed by atoms with Crippen molar-refractivity contribution in [3.8, 4) is 11.4 Å². The number of hydrogen-bond acceptors (Lipinski definition) is 5. The van der Waals surface area contributed by atoms with Crippen LogP contribution in [0.5, 0.6) is 0 Å². The van der Waals surface area contributed by atoms with E-state index < -0.39 is 0 Å². The Kier molecular flexibility index (Phi) is 6.13. The van der Waals surface area contributed by atoms with Gasteiger partial charge in [-0.1, -0.05) is 30.0 Å². The molecule has 1 aromatic carbocycles. The number of thiophene rings is 1. The summed E-state index contributed by atoms with van der Waals surface area (Å²) >= 11 is 3.08. The molecule has 3 aromatic rings. The molecule has 0 aliphatic carbocycles. The number of nitrogens with one attached hydrogen (secondary N) is 1. The van der Waals surface area contributed by atoms with Crippen molar-refractivity contribution in [2.75, 3.05) is 11.1 Å². The zero-order valence-corrected chi connectivity index (χ0v) is 17.3. The van der Waals surface area contributed by atoms with E-state index in [0.29, 0.717) is 11.7 Å². The lowest BCUT2D eigenvalue weighted by Crippen LogP contribution is -2.14. The molecule has 3 rings (SSSR count). The molecule has 2 heterocycles. The van der Waals surface area contributed by atoms with Gasteiger partial charge in [-0.2, -0.15) is 0 Å². The molecular weight excluding hydrogens is 376 g/mol. The van der Waals surface area contributed by atoms with Crippen LogP contribution in [0.15, 0.2) is 47.5 Å². The number of aromatic nitrogens is 3. The van der Waals surface area contributed by atoms with Gasteiger partial charge in [-0.25, -0.2) is 0 Å². The van der Waals surface area contributed by atoms with Gasteiger partial charge in [0.2, 0.25) is 5.91 Å². The highest BCUT2D eigenvalue weighted by atomic mass is 32.2. The lowest BCUT2D eigenvalue weighted by atomic mass is 10.1. The summed E-state index contributed by atoms with van der Waals surface area (Å²) < 4.78 is 2.01. The monoisotopic (exact) mass is 398 g/mol. The first-order valence-corrected chi connectivity index (χ1v) is 10.4. The molecule has 0 aliphatic heterocycles. The minimum atomic E-state index is -0.0668. The maximum Gasteiger partial charge on any atom is 0.234 e. The van der Waals surface area contributed by atoms with E-state index in [-0.39, 0.29) is 11.7 Å². The number of thioether (sulfide) groups is 1. The van der Waals surface area contributed by atoms with Gasteiger partial charge in [0, 0.05) is 28.1 Å². The topological polar surface area (TPSA) is 59.8 Å². The molecule has 0 bridgehead atoms. The second-order valence-electron chi connectivity index (χ2n) is 6.24. The quantitative estimate of drug-likeness (QED) is 0.457. The fourth-order valence-electron chi connectivity index (χ4n) is 2.67. The molecular formula is C20H22N4OS2. The minimum Gasteiger partial charge on any atom is -0.325 e. The first-order valence-electron chi connectivity index (χ1n) is 8.58. The van der Waals surface area contributed by atoms with Gasteiger partial charge in [-0.15, -0.1) is 28.1 Å². The summed E-state index contributed by atoms with van der Waals surface area (Å²) in [5.41, 5.74) is 4.21. The van der Waals surface area contributed by atoms with Crippen LogP contribution < -0.4 is 5.32 Å². The zero-order chi connectivity index (χ0) is 19.4. The van der Waals surface area contributed by atoms with Gasteiger partial charge in [-0.05, 0) is 44.0 Å². The van der Waals surface area contributed by atoms with Crippen molar-refractivity contribution in [3.05, 3.63) is 58.3 Å². The van der Waals surface area contributed by atoms with E-state index in [0.717, 1.165) is 22.6 Å². The Labute approximate surface area is 167 Å². The summed E-state index contributed by atoms with van der Waals surface area (Å²) in [5, 5.41) is 14.4. The third kappa shape index (κ3) is 4.48. The van der Waals surface area contributed by atoms with Crippen molar-refractivity contribution >= 4 is 34.7 Å². The maximum atomic E-state index is 12.3. The maximum absolute atomic E-state index is 12.3. The van der Waals surface area contributed by atoms with E-state index in [1.807, 2.05) is 41.8 Å². The van der Waals surface area contributed by atoms with Gasteiger partial charge in [0.25, 0.3) is 0 Å². The highest BCUT2D eigenvalue weighted by Crippen LogP contribution is 2.31. The molecule has 27 heavy (non-hydrogen) atoms. The van der Waals surface area contributed by atoms with Crippen LogP contribution >= 0.6 is 23.1 Å². The summed E-state index contributed by atoms with van der Waals surface area (Å²) in [6, 6.07) is 7.76. The SMILES string of the molecule is C=CCn1c(SCC(=O)Nc2cccc(C)c2)nnc1-c1csc(C)c1C. The first-order chi connectivity index (χ1) is 13.0. The van der Waals surface area contributed by atoms with Crippen LogP contribution in [0.1, 0.15) is 16.0 Å². The Morgan fingerprint density at radius 1 is 1.33 bits per heavy atom. The second kappa shape index (κ2) is 8.54. The van der Waals surface area contributed by atoms with Crippen LogP contribution in [0.25, 0.3) is 11.4 Å². The van der Waals surface area contributed by atoms with Gasteiger partial charge in [0.1, 0.15) is 0 Å². The number of rotatable bonds is 7. The van der Waals surface area contributed by atoms with Crippen LogP contribution in [0.4, 0.5) is 5.69 Å². The van der Waals surface area contributed by atoms with Crippen molar-refractivity contribution in [1.82, 2.24) is 14.8 Å². The standard InChI is InChI=1S/C20H22N4OS2/c1-5-9-24-19(17-11-26-15(4)14(17)3)22-23-20(24)27-12-18(25)21-16-8-6-7-13(2)10-16/h5-8,10-11H,1,9,12H2,2-4H3,(H,21,25). The fourth-order valence-corrected chi connectivity index (χ4v) is 4.28. The number of nitrogens with zero attached hydrogens (tertiary/aromatic N) is 3. The van der Waals surface area contributed by atoms with Gasteiger partial charge in [0.15, 0.2) is 11.0 Å². The molecule has 1 N–H and O–H groups in total. The number of amides is 1. The Hall–Kier alpha value is -2.38. The van der Waals surface area contributed by atoms with Gasteiger partial charge in [0.05, 0.1) is 5.75 Å². The molecule has 0 fully saturated rings. The molecule has 0 saturated carbocycles. The third-order valence-corrected chi connectivity index (χ3v) is 6.17. The number of aryl methyl sites for hydroxylation is 2. The van der Waals surface area contributed by atoms with Gasteiger partial charge >= 0.3 is 0 Å². The average Bonchev–Trinajstić information content (AvgIpc) is 3.17. The summed E-state index contributed by atoms with van der Waals surface area (Å²) in [4.78, 5) is 13.6. The number of anilines is 1. The Bertz CT molecular complexity index is 974. The second-order valence-corrected chi connectivity index (χ2v) is 8.27. The van der Waals surface area contributed by atoms with Crippen LogP contribution in [0.2, 0.25) is 0 Å². The summed E-state index contributed by atoms with van der Waals surface area (Å²) in [6.07, 6.45) is 1.82. The van der Waals surface area contributed by atoms with Crippen molar-refractivity contribution in [2.24, 2.45) is 0 Å². The van der Waals surface area contributed by atoms with Crippen molar-refractivity contribution in [2.45, 2.75) is 32.5 Å². The minimum absolute atomic E-state index is 0.0668. The predicted octanol–water partition coefficient (Wildman–Crippen LogP) is 4.85. The van der Waals surface area contributed by atoms with E-state index in [1.165, 1.54) is 22.2 Å². The largest absolute Gasteiger partial charge is 0.325 e. The smallest absolute Gasteiger partial charge is 0.234 e.